The summed E-state index contributed by atoms with van der Waals surface area (Å²) in [4.78, 5) is 45.8. The second-order valence-corrected chi connectivity index (χ2v) is 5.66. The maximum absolute atomic E-state index is 11.9. The molecular formula is C15H22O10. The van der Waals surface area contributed by atoms with Gasteiger partial charge in [-0.3, -0.25) is 14.4 Å². The first kappa shape index (κ1) is 20.8. The van der Waals surface area contributed by atoms with Crippen molar-refractivity contribution < 1.29 is 48.0 Å². The zero-order valence-corrected chi connectivity index (χ0v) is 14.6. The Balaban J connectivity index is 3.10. The lowest BCUT2D eigenvalue weighted by molar-refractivity contribution is -0.201. The third-order valence-corrected chi connectivity index (χ3v) is 3.00. The molecular weight excluding hydrogens is 340 g/mol. The lowest BCUT2D eigenvalue weighted by Gasteiger charge is -2.24. The molecule has 0 amide bonds. The molecule has 1 heterocycles. The van der Waals surface area contributed by atoms with Gasteiger partial charge in [-0.25, -0.2) is 4.79 Å². The van der Waals surface area contributed by atoms with Gasteiger partial charge in [0, 0.05) is 20.8 Å². The van der Waals surface area contributed by atoms with Crippen LogP contribution in [0.15, 0.2) is 0 Å². The number of carbonyl (C=O) groups is 4. The van der Waals surface area contributed by atoms with Crippen molar-refractivity contribution in [2.45, 2.75) is 71.4 Å². The predicted octanol–water partition coefficient (Wildman–Crippen LogP) is -0.550. The van der Waals surface area contributed by atoms with Crippen LogP contribution in [0.2, 0.25) is 0 Å². The summed E-state index contributed by atoms with van der Waals surface area (Å²) < 4.78 is 25.1. The predicted molar refractivity (Wildman–Crippen MR) is 78.8 cm³/mol. The molecule has 1 unspecified atom stereocenters. The number of carbonyl (C=O) groups excluding carboxylic acids is 4. The summed E-state index contributed by atoms with van der Waals surface area (Å²) in [6, 6.07) is 0. The molecule has 0 aromatic heterocycles. The van der Waals surface area contributed by atoms with Gasteiger partial charge in [-0.05, 0) is 13.8 Å². The van der Waals surface area contributed by atoms with Gasteiger partial charge < -0.3 is 28.8 Å². The van der Waals surface area contributed by atoms with Crippen LogP contribution in [-0.2, 0) is 42.9 Å². The van der Waals surface area contributed by atoms with Crippen molar-refractivity contribution >= 4 is 23.9 Å². The minimum atomic E-state index is -1.86. The van der Waals surface area contributed by atoms with Crippen LogP contribution in [0.5, 0.6) is 0 Å². The highest BCUT2D eigenvalue weighted by Gasteiger charge is 2.55. The molecule has 10 heteroatoms. The summed E-state index contributed by atoms with van der Waals surface area (Å²) in [5.41, 5.74) is 0. The van der Waals surface area contributed by atoms with Crippen molar-refractivity contribution in [3.63, 3.8) is 0 Å². The first-order valence-electron chi connectivity index (χ1n) is 7.58. The van der Waals surface area contributed by atoms with Crippen LogP contribution in [0.3, 0.4) is 0 Å². The van der Waals surface area contributed by atoms with Gasteiger partial charge in [0.2, 0.25) is 12.4 Å². The van der Waals surface area contributed by atoms with Crippen molar-refractivity contribution in [3.8, 4) is 0 Å². The van der Waals surface area contributed by atoms with E-state index in [-0.39, 0.29) is 0 Å². The third-order valence-electron chi connectivity index (χ3n) is 3.00. The van der Waals surface area contributed by atoms with Gasteiger partial charge in [0.25, 0.3) is 0 Å². The molecule has 1 fully saturated rings. The molecule has 0 radical (unpaired) electrons. The van der Waals surface area contributed by atoms with Crippen LogP contribution in [0.4, 0.5) is 0 Å². The molecule has 0 aliphatic carbocycles. The fourth-order valence-corrected chi connectivity index (χ4v) is 2.24. The molecule has 5 atom stereocenters. The lowest BCUT2D eigenvalue weighted by Crippen LogP contribution is -2.47. The number of esters is 4. The Morgan fingerprint density at radius 1 is 0.880 bits per heavy atom. The topological polar surface area (TPSA) is 135 Å². The lowest BCUT2D eigenvalue weighted by atomic mass is 10.1. The van der Waals surface area contributed by atoms with Gasteiger partial charge >= 0.3 is 23.9 Å². The highest BCUT2D eigenvalue weighted by atomic mass is 16.8. The standard InChI is InChI=1S/C15H22O10/c1-6(2)21-14(20)10(19)11-12(22-7(3)16)13(23-8(4)17)15(25-11)24-9(5)18/h6,10-13,15,19H,1-5H3/t10?,11-,12+,13-,15+/m1/s1. The van der Waals surface area contributed by atoms with Crippen LogP contribution >= 0.6 is 0 Å². The molecule has 10 nitrogen and oxygen atoms in total. The molecule has 0 saturated carbocycles. The van der Waals surface area contributed by atoms with Crippen LogP contribution < -0.4 is 0 Å². The molecule has 1 aliphatic heterocycles. The largest absolute Gasteiger partial charge is 0.461 e. The molecule has 1 aliphatic rings. The smallest absolute Gasteiger partial charge is 0.338 e. The summed E-state index contributed by atoms with van der Waals surface area (Å²) in [5.74, 6) is -3.32. The number of aliphatic hydroxyl groups is 1. The molecule has 142 valence electrons. The Labute approximate surface area is 144 Å². The molecule has 0 aromatic carbocycles. The summed E-state index contributed by atoms with van der Waals surface area (Å²) in [5, 5.41) is 10.2. The molecule has 0 spiro atoms. The van der Waals surface area contributed by atoms with Crippen molar-refractivity contribution in [2.75, 3.05) is 0 Å². The van der Waals surface area contributed by atoms with Gasteiger partial charge in [-0.1, -0.05) is 0 Å². The van der Waals surface area contributed by atoms with Crippen LogP contribution in [-0.4, -0.2) is 65.8 Å². The van der Waals surface area contributed by atoms with Crippen LogP contribution in [0, 0.1) is 0 Å². The van der Waals surface area contributed by atoms with Crippen molar-refractivity contribution in [1.82, 2.24) is 0 Å². The molecule has 0 bridgehead atoms. The fraction of sp³-hybridized carbons (Fsp3) is 0.733. The third kappa shape index (κ3) is 5.98. The van der Waals surface area contributed by atoms with E-state index < -0.39 is 60.7 Å². The summed E-state index contributed by atoms with van der Waals surface area (Å²) in [7, 11) is 0. The highest BCUT2D eigenvalue weighted by molar-refractivity contribution is 5.76. The Hall–Kier alpha value is -2.20. The first-order chi connectivity index (χ1) is 11.5. The van der Waals surface area contributed by atoms with E-state index >= 15 is 0 Å². The number of ether oxygens (including phenoxy) is 5. The highest BCUT2D eigenvalue weighted by Crippen LogP contribution is 2.30. The van der Waals surface area contributed by atoms with Crippen molar-refractivity contribution in [2.24, 2.45) is 0 Å². The van der Waals surface area contributed by atoms with E-state index in [0.717, 1.165) is 20.8 Å². The summed E-state index contributed by atoms with van der Waals surface area (Å²) >= 11 is 0. The van der Waals surface area contributed by atoms with Crippen molar-refractivity contribution in [1.29, 1.82) is 0 Å². The second kappa shape index (κ2) is 8.77. The summed E-state index contributed by atoms with van der Waals surface area (Å²) in [6.45, 7) is 6.41. The zero-order valence-electron chi connectivity index (χ0n) is 14.6. The van der Waals surface area contributed by atoms with E-state index in [1.807, 2.05) is 0 Å². The van der Waals surface area contributed by atoms with Gasteiger partial charge in [-0.2, -0.15) is 0 Å². The fourth-order valence-electron chi connectivity index (χ4n) is 2.24. The first-order valence-corrected chi connectivity index (χ1v) is 7.58. The minimum absolute atomic E-state index is 0.510. The van der Waals surface area contributed by atoms with Crippen molar-refractivity contribution in [3.05, 3.63) is 0 Å². The number of hydrogen-bond acceptors (Lipinski definition) is 10. The Morgan fingerprint density at radius 2 is 1.36 bits per heavy atom. The molecule has 1 saturated heterocycles. The van der Waals surface area contributed by atoms with Gasteiger partial charge in [0.15, 0.2) is 12.2 Å². The molecule has 0 aromatic rings. The Kier molecular flexibility index (Phi) is 7.31. The maximum atomic E-state index is 11.9. The Morgan fingerprint density at radius 3 is 1.80 bits per heavy atom. The molecule has 1 rings (SSSR count). The van der Waals surface area contributed by atoms with Gasteiger partial charge in [0.05, 0.1) is 6.10 Å². The van der Waals surface area contributed by atoms with E-state index in [4.69, 9.17) is 23.7 Å². The zero-order chi connectivity index (χ0) is 19.3. The average Bonchev–Trinajstić information content (AvgIpc) is 2.74. The average molecular weight is 362 g/mol. The summed E-state index contributed by atoms with van der Waals surface area (Å²) in [6.07, 6.45) is -8.01. The van der Waals surface area contributed by atoms with E-state index in [1.54, 1.807) is 13.8 Å². The Bertz CT molecular complexity index is 528. The van der Waals surface area contributed by atoms with Crippen LogP contribution in [0.1, 0.15) is 34.6 Å². The van der Waals surface area contributed by atoms with Gasteiger partial charge in [-0.15, -0.1) is 0 Å². The monoisotopic (exact) mass is 362 g/mol. The maximum Gasteiger partial charge on any atom is 0.338 e. The van der Waals surface area contributed by atoms with E-state index in [2.05, 4.69) is 0 Å². The minimum Gasteiger partial charge on any atom is -0.461 e. The van der Waals surface area contributed by atoms with Crippen LogP contribution in [0.25, 0.3) is 0 Å². The van der Waals surface area contributed by atoms with E-state index in [0.29, 0.717) is 0 Å². The van der Waals surface area contributed by atoms with E-state index in [1.165, 1.54) is 0 Å². The molecule has 25 heavy (non-hydrogen) atoms. The second-order valence-electron chi connectivity index (χ2n) is 5.66. The van der Waals surface area contributed by atoms with E-state index in [9.17, 15) is 24.3 Å². The number of aliphatic hydroxyl groups excluding tert-OH is 1. The normalized spacial score (nSPS) is 26.7. The quantitative estimate of drug-likeness (QED) is 0.484. The number of hydrogen-bond donors (Lipinski definition) is 1. The molecule has 1 N–H and O–H groups in total. The number of rotatable bonds is 6. The van der Waals surface area contributed by atoms with Gasteiger partial charge in [0.1, 0.15) is 6.10 Å². The SMILES string of the molecule is CC(=O)O[C@H]1O[C@H](C(O)C(=O)OC(C)C)[C@H](OC(C)=O)[C@H]1OC(C)=O.